The van der Waals surface area contributed by atoms with Gasteiger partial charge in [0.1, 0.15) is 5.69 Å². The molecular weight excluding hydrogens is 146 g/mol. The third-order valence-corrected chi connectivity index (χ3v) is 1.48. The first kappa shape index (κ1) is 8.16. The van der Waals surface area contributed by atoms with E-state index in [1.165, 1.54) is 0 Å². The molecule has 11 heavy (non-hydrogen) atoms. The van der Waals surface area contributed by atoms with Crippen LogP contribution in [0.25, 0.3) is 0 Å². The molecule has 1 aromatic heterocycles. The number of nitrogens with two attached hydrogens (primary N) is 1. The summed E-state index contributed by atoms with van der Waals surface area (Å²) < 4.78 is 4.71. The minimum absolute atomic E-state index is 0.0491. The predicted molar refractivity (Wildman–Crippen MR) is 37.7 cm³/mol. The second kappa shape index (κ2) is 3.45. The standard InChI is InChI=1S/C6H11N3O2/c1-4-6(8-9-11-4)5(7)2-3-10/h5,10H,2-3,7H2,1H3. The maximum atomic E-state index is 8.57. The van der Waals surface area contributed by atoms with Gasteiger partial charge in [0.25, 0.3) is 0 Å². The molecule has 0 aliphatic carbocycles. The molecule has 0 aliphatic rings. The number of rotatable bonds is 3. The molecule has 1 heterocycles. The Morgan fingerprint density at radius 3 is 2.91 bits per heavy atom. The largest absolute Gasteiger partial charge is 0.396 e. The highest BCUT2D eigenvalue weighted by Gasteiger charge is 2.13. The summed E-state index contributed by atoms with van der Waals surface area (Å²) in [6.07, 6.45) is 0.481. The lowest BCUT2D eigenvalue weighted by atomic mass is 10.1. The van der Waals surface area contributed by atoms with Gasteiger partial charge < -0.3 is 15.4 Å². The van der Waals surface area contributed by atoms with Crippen LogP contribution in [0, 0.1) is 6.92 Å². The van der Waals surface area contributed by atoms with Gasteiger partial charge in [0.15, 0.2) is 5.76 Å². The van der Waals surface area contributed by atoms with E-state index in [0.717, 1.165) is 0 Å². The first-order valence-electron chi connectivity index (χ1n) is 3.41. The second-order valence-corrected chi connectivity index (χ2v) is 2.33. The Hall–Kier alpha value is -0.940. The maximum absolute atomic E-state index is 8.57. The molecule has 0 bridgehead atoms. The summed E-state index contributed by atoms with van der Waals surface area (Å²) in [7, 11) is 0. The number of aryl methyl sites for hydroxylation is 1. The Labute approximate surface area is 64.2 Å². The van der Waals surface area contributed by atoms with E-state index in [4.69, 9.17) is 15.4 Å². The zero-order chi connectivity index (χ0) is 8.27. The van der Waals surface area contributed by atoms with Gasteiger partial charge in [-0.3, -0.25) is 0 Å². The lowest BCUT2D eigenvalue weighted by molar-refractivity contribution is 0.275. The van der Waals surface area contributed by atoms with E-state index in [1.807, 2.05) is 0 Å². The summed E-state index contributed by atoms with van der Waals surface area (Å²) in [5, 5.41) is 15.6. The summed E-state index contributed by atoms with van der Waals surface area (Å²) in [6.45, 7) is 1.79. The van der Waals surface area contributed by atoms with Crippen LogP contribution in [0.2, 0.25) is 0 Å². The topological polar surface area (TPSA) is 85.2 Å². The number of aromatic nitrogens is 2. The van der Waals surface area contributed by atoms with E-state index in [9.17, 15) is 0 Å². The molecule has 1 rings (SSSR count). The molecule has 1 unspecified atom stereocenters. The van der Waals surface area contributed by atoms with Crippen molar-refractivity contribution < 1.29 is 9.63 Å². The lowest BCUT2D eigenvalue weighted by Gasteiger charge is -2.04. The van der Waals surface area contributed by atoms with E-state index in [-0.39, 0.29) is 12.6 Å². The van der Waals surface area contributed by atoms with Crippen LogP contribution in [0.15, 0.2) is 4.52 Å². The van der Waals surface area contributed by atoms with E-state index < -0.39 is 0 Å². The molecule has 0 saturated heterocycles. The quantitative estimate of drug-likeness (QED) is 0.632. The minimum atomic E-state index is -0.272. The van der Waals surface area contributed by atoms with Crippen LogP contribution < -0.4 is 5.73 Å². The molecule has 0 aromatic carbocycles. The van der Waals surface area contributed by atoms with Crippen LogP contribution in [0.5, 0.6) is 0 Å². The molecule has 0 radical (unpaired) electrons. The third-order valence-electron chi connectivity index (χ3n) is 1.48. The monoisotopic (exact) mass is 157 g/mol. The van der Waals surface area contributed by atoms with E-state index >= 15 is 0 Å². The number of nitrogens with zero attached hydrogens (tertiary/aromatic N) is 2. The van der Waals surface area contributed by atoms with E-state index in [0.29, 0.717) is 17.9 Å². The first-order chi connectivity index (χ1) is 5.25. The zero-order valence-electron chi connectivity index (χ0n) is 6.32. The van der Waals surface area contributed by atoms with Gasteiger partial charge in [-0.05, 0) is 13.3 Å². The van der Waals surface area contributed by atoms with Crippen LogP contribution in [0.3, 0.4) is 0 Å². The fourth-order valence-electron chi connectivity index (χ4n) is 0.854. The van der Waals surface area contributed by atoms with Gasteiger partial charge in [0.2, 0.25) is 0 Å². The summed E-state index contributed by atoms with van der Waals surface area (Å²) in [4.78, 5) is 0. The zero-order valence-corrected chi connectivity index (χ0v) is 6.32. The van der Waals surface area contributed by atoms with Crippen molar-refractivity contribution in [3.8, 4) is 0 Å². The smallest absolute Gasteiger partial charge is 0.158 e. The van der Waals surface area contributed by atoms with Gasteiger partial charge in [0, 0.05) is 11.9 Å². The molecule has 5 heteroatoms. The van der Waals surface area contributed by atoms with Gasteiger partial charge in [-0.1, -0.05) is 0 Å². The average Bonchev–Trinajstić information content (AvgIpc) is 2.36. The second-order valence-electron chi connectivity index (χ2n) is 2.33. The van der Waals surface area contributed by atoms with E-state index in [1.54, 1.807) is 6.92 Å². The predicted octanol–water partition coefficient (Wildman–Crippen LogP) is -0.240. The summed E-state index contributed by atoms with van der Waals surface area (Å²) in [5.74, 6) is 0.617. The molecule has 0 saturated carbocycles. The van der Waals surface area contributed by atoms with Crippen molar-refractivity contribution in [2.45, 2.75) is 19.4 Å². The van der Waals surface area contributed by atoms with Crippen molar-refractivity contribution in [3.63, 3.8) is 0 Å². The molecule has 0 aliphatic heterocycles. The van der Waals surface area contributed by atoms with Gasteiger partial charge >= 0.3 is 0 Å². The molecule has 0 fully saturated rings. The number of hydrogen-bond acceptors (Lipinski definition) is 5. The highest BCUT2D eigenvalue weighted by Crippen LogP contribution is 2.13. The van der Waals surface area contributed by atoms with Crippen LogP contribution in [0.4, 0.5) is 0 Å². The summed E-state index contributed by atoms with van der Waals surface area (Å²) in [5.41, 5.74) is 6.25. The fraction of sp³-hybridized carbons (Fsp3) is 0.667. The number of aliphatic hydroxyl groups excluding tert-OH is 1. The Morgan fingerprint density at radius 2 is 2.45 bits per heavy atom. The average molecular weight is 157 g/mol. The van der Waals surface area contributed by atoms with Crippen molar-refractivity contribution >= 4 is 0 Å². The third kappa shape index (κ3) is 1.75. The van der Waals surface area contributed by atoms with Crippen molar-refractivity contribution in [2.24, 2.45) is 5.73 Å². The highest BCUT2D eigenvalue weighted by molar-refractivity contribution is 5.07. The minimum Gasteiger partial charge on any atom is -0.396 e. The van der Waals surface area contributed by atoms with Gasteiger partial charge in [-0.25, -0.2) is 0 Å². The van der Waals surface area contributed by atoms with Gasteiger partial charge in [-0.2, -0.15) is 0 Å². The molecule has 1 atom stereocenters. The normalized spacial score (nSPS) is 13.4. The van der Waals surface area contributed by atoms with E-state index in [2.05, 4.69) is 10.4 Å². The van der Waals surface area contributed by atoms with Crippen LogP contribution in [-0.4, -0.2) is 22.1 Å². The van der Waals surface area contributed by atoms with Crippen LogP contribution in [0.1, 0.15) is 23.9 Å². The fourth-order valence-corrected chi connectivity index (χ4v) is 0.854. The SMILES string of the molecule is Cc1onnc1C(N)CCO. The molecule has 3 N–H and O–H groups in total. The maximum Gasteiger partial charge on any atom is 0.158 e. The van der Waals surface area contributed by atoms with Crippen molar-refractivity contribution in [2.75, 3.05) is 6.61 Å². The Kier molecular flexibility index (Phi) is 2.56. The van der Waals surface area contributed by atoms with Crippen molar-refractivity contribution in [1.29, 1.82) is 0 Å². The lowest BCUT2D eigenvalue weighted by Crippen LogP contribution is -2.13. The molecule has 5 nitrogen and oxygen atoms in total. The molecule has 1 aromatic rings. The highest BCUT2D eigenvalue weighted by atomic mass is 16.5. The van der Waals surface area contributed by atoms with Gasteiger partial charge in [0.05, 0.1) is 6.04 Å². The Balaban J connectivity index is 2.67. The Morgan fingerprint density at radius 1 is 1.73 bits per heavy atom. The summed E-state index contributed by atoms with van der Waals surface area (Å²) >= 11 is 0. The first-order valence-corrected chi connectivity index (χ1v) is 3.41. The van der Waals surface area contributed by atoms with Crippen molar-refractivity contribution in [1.82, 2.24) is 10.4 Å². The number of hydrogen-bond donors (Lipinski definition) is 2. The molecule has 62 valence electrons. The molecule has 0 spiro atoms. The van der Waals surface area contributed by atoms with Crippen molar-refractivity contribution in [3.05, 3.63) is 11.5 Å². The summed E-state index contributed by atoms with van der Waals surface area (Å²) in [6, 6.07) is -0.272. The number of aliphatic hydroxyl groups is 1. The van der Waals surface area contributed by atoms with Crippen LogP contribution >= 0.6 is 0 Å². The Bertz CT molecular complexity index is 223. The van der Waals surface area contributed by atoms with Crippen LogP contribution in [-0.2, 0) is 0 Å². The molecule has 0 amide bonds. The van der Waals surface area contributed by atoms with Gasteiger partial charge in [-0.15, -0.1) is 5.10 Å². The molecular formula is C6H11N3O2.